The Morgan fingerprint density at radius 2 is 1.90 bits per heavy atom. The molecule has 4 aromatic rings. The predicted octanol–water partition coefficient (Wildman–Crippen LogP) is 4.46. The molecule has 0 saturated carbocycles. The summed E-state index contributed by atoms with van der Waals surface area (Å²) in [6, 6.07) is 18.8. The molecular formula is C22H20ClN5O. The number of imidazole rings is 1. The summed E-state index contributed by atoms with van der Waals surface area (Å²) in [7, 11) is 3.92. The molecule has 1 N–H and O–H groups in total. The number of aromatic nitrogens is 3. The topological polar surface area (TPSA) is 63.1 Å². The van der Waals surface area contributed by atoms with Gasteiger partial charge in [0.15, 0.2) is 5.65 Å². The molecule has 0 atom stereocenters. The van der Waals surface area contributed by atoms with E-state index in [1.165, 1.54) is 0 Å². The Balaban J connectivity index is 1.66. The highest BCUT2D eigenvalue weighted by Gasteiger charge is 2.16. The fourth-order valence-corrected chi connectivity index (χ4v) is 3.26. The summed E-state index contributed by atoms with van der Waals surface area (Å²) in [6.07, 6.45) is 1.70. The lowest BCUT2D eigenvalue weighted by molar-refractivity contribution is -0.116. The van der Waals surface area contributed by atoms with Gasteiger partial charge in [0.1, 0.15) is 17.9 Å². The van der Waals surface area contributed by atoms with Gasteiger partial charge in [0.25, 0.3) is 0 Å². The summed E-state index contributed by atoms with van der Waals surface area (Å²) in [5.41, 5.74) is 4.02. The highest BCUT2D eigenvalue weighted by molar-refractivity contribution is 6.30. The van der Waals surface area contributed by atoms with Crippen molar-refractivity contribution in [2.75, 3.05) is 24.3 Å². The van der Waals surface area contributed by atoms with Gasteiger partial charge in [0.05, 0.1) is 0 Å². The van der Waals surface area contributed by atoms with E-state index in [0.717, 1.165) is 22.5 Å². The van der Waals surface area contributed by atoms with Crippen LogP contribution < -0.4 is 10.2 Å². The van der Waals surface area contributed by atoms with Crippen LogP contribution in [0.5, 0.6) is 0 Å². The smallest absolute Gasteiger partial charge is 0.244 e. The largest absolute Gasteiger partial charge is 0.378 e. The van der Waals surface area contributed by atoms with Crippen LogP contribution in [0.15, 0.2) is 66.9 Å². The van der Waals surface area contributed by atoms with Crippen LogP contribution in [-0.2, 0) is 11.3 Å². The SMILES string of the molecule is CN(C)c1cccc(NC(=O)Cn2c(-c3ccc(Cl)cc3)nc3cccnc32)c1. The van der Waals surface area contributed by atoms with E-state index in [1.54, 1.807) is 18.3 Å². The first-order valence-corrected chi connectivity index (χ1v) is 9.53. The van der Waals surface area contributed by atoms with Crippen LogP contribution in [0.4, 0.5) is 11.4 Å². The number of carbonyl (C=O) groups is 1. The monoisotopic (exact) mass is 405 g/mol. The normalized spacial score (nSPS) is 10.9. The van der Waals surface area contributed by atoms with Gasteiger partial charge in [-0.3, -0.25) is 9.36 Å². The average molecular weight is 406 g/mol. The Morgan fingerprint density at radius 1 is 1.10 bits per heavy atom. The van der Waals surface area contributed by atoms with E-state index in [1.807, 2.05) is 72.1 Å². The van der Waals surface area contributed by atoms with Crippen molar-refractivity contribution >= 4 is 40.0 Å². The molecule has 0 aliphatic carbocycles. The molecule has 0 bridgehead atoms. The molecule has 4 rings (SSSR count). The molecule has 146 valence electrons. The first-order chi connectivity index (χ1) is 14.0. The molecule has 0 aliphatic heterocycles. The molecule has 0 fully saturated rings. The molecule has 6 nitrogen and oxygen atoms in total. The van der Waals surface area contributed by atoms with Crippen LogP contribution in [0.2, 0.25) is 5.02 Å². The maximum absolute atomic E-state index is 12.8. The number of benzene rings is 2. The van der Waals surface area contributed by atoms with E-state index >= 15 is 0 Å². The minimum absolute atomic E-state index is 0.0949. The Hall–Kier alpha value is -3.38. The zero-order valence-corrected chi connectivity index (χ0v) is 16.9. The second kappa shape index (κ2) is 7.93. The fourth-order valence-electron chi connectivity index (χ4n) is 3.13. The van der Waals surface area contributed by atoms with Crippen molar-refractivity contribution in [1.82, 2.24) is 14.5 Å². The van der Waals surface area contributed by atoms with Crippen molar-refractivity contribution in [2.24, 2.45) is 0 Å². The van der Waals surface area contributed by atoms with Crippen LogP contribution in [0, 0.1) is 0 Å². The highest BCUT2D eigenvalue weighted by Crippen LogP contribution is 2.25. The number of nitrogens with zero attached hydrogens (tertiary/aromatic N) is 4. The summed E-state index contributed by atoms with van der Waals surface area (Å²) in [4.78, 5) is 23.9. The number of amides is 1. The third kappa shape index (κ3) is 4.07. The number of nitrogens with one attached hydrogen (secondary N) is 1. The predicted molar refractivity (Wildman–Crippen MR) is 117 cm³/mol. The quantitative estimate of drug-likeness (QED) is 0.532. The number of carbonyl (C=O) groups excluding carboxylic acids is 1. The van der Waals surface area contributed by atoms with Crippen molar-refractivity contribution in [3.8, 4) is 11.4 Å². The minimum Gasteiger partial charge on any atom is -0.378 e. The van der Waals surface area contributed by atoms with Gasteiger partial charge in [-0.2, -0.15) is 0 Å². The fraction of sp³-hybridized carbons (Fsp3) is 0.136. The number of anilines is 2. The lowest BCUT2D eigenvalue weighted by atomic mass is 10.2. The molecule has 2 heterocycles. The summed E-state index contributed by atoms with van der Waals surface area (Å²) in [6.45, 7) is 0.0949. The maximum atomic E-state index is 12.8. The van der Waals surface area contributed by atoms with Crippen LogP contribution in [0.1, 0.15) is 0 Å². The lowest BCUT2D eigenvalue weighted by Crippen LogP contribution is -2.20. The molecular weight excluding hydrogens is 386 g/mol. The Labute approximate surface area is 173 Å². The molecule has 1 amide bonds. The molecule has 0 saturated heterocycles. The summed E-state index contributed by atoms with van der Waals surface area (Å²) >= 11 is 6.02. The van der Waals surface area contributed by atoms with Gasteiger partial charge >= 0.3 is 0 Å². The molecule has 2 aromatic carbocycles. The van der Waals surface area contributed by atoms with Crippen LogP contribution in [-0.4, -0.2) is 34.5 Å². The zero-order chi connectivity index (χ0) is 20.4. The van der Waals surface area contributed by atoms with Crippen molar-refractivity contribution < 1.29 is 4.79 Å². The first-order valence-electron chi connectivity index (χ1n) is 9.16. The van der Waals surface area contributed by atoms with Crippen molar-refractivity contribution in [2.45, 2.75) is 6.54 Å². The summed E-state index contributed by atoms with van der Waals surface area (Å²) in [5, 5.41) is 3.61. The molecule has 0 unspecified atom stereocenters. The third-order valence-corrected chi connectivity index (χ3v) is 4.81. The molecule has 0 spiro atoms. The number of halogens is 1. The van der Waals surface area contributed by atoms with E-state index < -0.39 is 0 Å². The van der Waals surface area contributed by atoms with Gasteiger partial charge < -0.3 is 10.2 Å². The lowest BCUT2D eigenvalue weighted by Gasteiger charge is -2.14. The van der Waals surface area contributed by atoms with Gasteiger partial charge in [0.2, 0.25) is 5.91 Å². The van der Waals surface area contributed by atoms with Gasteiger partial charge in [-0.15, -0.1) is 0 Å². The van der Waals surface area contributed by atoms with Gasteiger partial charge in [-0.1, -0.05) is 17.7 Å². The Kier molecular flexibility index (Phi) is 5.18. The van der Waals surface area contributed by atoms with Crippen LogP contribution in [0.25, 0.3) is 22.6 Å². The average Bonchev–Trinajstić information content (AvgIpc) is 3.07. The number of rotatable bonds is 5. The highest BCUT2D eigenvalue weighted by atomic mass is 35.5. The van der Waals surface area contributed by atoms with Gasteiger partial charge in [-0.05, 0) is 54.6 Å². The number of hydrogen-bond acceptors (Lipinski definition) is 4. The van der Waals surface area contributed by atoms with Gasteiger partial charge in [0, 0.05) is 42.3 Å². The minimum atomic E-state index is -0.152. The molecule has 2 aromatic heterocycles. The maximum Gasteiger partial charge on any atom is 0.244 e. The third-order valence-electron chi connectivity index (χ3n) is 4.55. The van der Waals surface area contributed by atoms with E-state index in [-0.39, 0.29) is 12.5 Å². The van der Waals surface area contributed by atoms with E-state index in [2.05, 4.69) is 15.3 Å². The number of hydrogen-bond donors (Lipinski definition) is 1. The van der Waals surface area contributed by atoms with Crippen LogP contribution in [0.3, 0.4) is 0 Å². The molecule has 0 aliphatic rings. The van der Waals surface area contributed by atoms with E-state index in [9.17, 15) is 4.79 Å². The first kappa shape index (κ1) is 19.0. The Bertz CT molecular complexity index is 1170. The standard InChI is InChI=1S/C22H20ClN5O/c1-27(2)18-6-3-5-17(13-18)25-20(29)14-28-21(15-8-10-16(23)11-9-15)26-19-7-4-12-24-22(19)28/h3-13H,14H2,1-2H3,(H,25,29). The second-order valence-electron chi connectivity index (χ2n) is 6.87. The van der Waals surface area contributed by atoms with E-state index in [4.69, 9.17) is 11.6 Å². The summed E-state index contributed by atoms with van der Waals surface area (Å²) in [5.74, 6) is 0.522. The molecule has 0 radical (unpaired) electrons. The van der Waals surface area contributed by atoms with Crippen molar-refractivity contribution in [3.05, 3.63) is 71.9 Å². The molecule has 7 heteroatoms. The number of pyridine rings is 1. The number of fused-ring (bicyclic) bond motifs is 1. The van der Waals surface area contributed by atoms with Gasteiger partial charge in [-0.25, -0.2) is 9.97 Å². The second-order valence-corrected chi connectivity index (χ2v) is 7.30. The van der Waals surface area contributed by atoms with Crippen molar-refractivity contribution in [1.29, 1.82) is 0 Å². The zero-order valence-electron chi connectivity index (χ0n) is 16.1. The molecule has 29 heavy (non-hydrogen) atoms. The Morgan fingerprint density at radius 3 is 2.66 bits per heavy atom. The summed E-state index contributed by atoms with van der Waals surface area (Å²) < 4.78 is 1.82. The van der Waals surface area contributed by atoms with Crippen molar-refractivity contribution in [3.63, 3.8) is 0 Å². The van der Waals surface area contributed by atoms with Crippen LogP contribution >= 0.6 is 11.6 Å². The van der Waals surface area contributed by atoms with E-state index in [0.29, 0.717) is 16.5 Å².